The zero-order valence-electron chi connectivity index (χ0n) is 12.9. The maximum Gasteiger partial charge on any atom is 0.156 e. The second kappa shape index (κ2) is 5.42. The van der Waals surface area contributed by atoms with E-state index >= 15 is 0 Å². The zero-order chi connectivity index (χ0) is 16.0. The molecule has 122 valence electrons. The molecule has 0 radical (unpaired) electrons. The molecule has 0 amide bonds. The van der Waals surface area contributed by atoms with Gasteiger partial charge in [0.15, 0.2) is 9.84 Å². The minimum absolute atomic E-state index is 0.211. The Kier molecular flexibility index (Phi) is 3.85. The molecule has 2 atom stereocenters. The van der Waals surface area contributed by atoms with E-state index in [2.05, 4.69) is 0 Å². The van der Waals surface area contributed by atoms with Crippen LogP contribution in [0.4, 0.5) is 0 Å². The van der Waals surface area contributed by atoms with Crippen LogP contribution < -0.4 is 9.47 Å². The van der Waals surface area contributed by atoms with Crippen LogP contribution in [0.25, 0.3) is 0 Å². The van der Waals surface area contributed by atoms with Crippen LogP contribution in [0.2, 0.25) is 0 Å². The summed E-state index contributed by atoms with van der Waals surface area (Å²) in [6, 6.07) is 5.34. The number of hydrogen-bond acceptors (Lipinski definition) is 5. The van der Waals surface area contributed by atoms with Crippen molar-refractivity contribution < 1.29 is 23.0 Å². The van der Waals surface area contributed by atoms with Gasteiger partial charge >= 0.3 is 0 Å². The van der Waals surface area contributed by atoms with Crippen LogP contribution in [-0.2, 0) is 15.4 Å². The van der Waals surface area contributed by atoms with E-state index in [1.165, 1.54) is 0 Å². The van der Waals surface area contributed by atoms with Crippen LogP contribution in [0.5, 0.6) is 11.5 Å². The molecular weight excluding hydrogens is 304 g/mol. The minimum atomic E-state index is -3.13. The molecule has 1 aromatic rings. The van der Waals surface area contributed by atoms with Gasteiger partial charge in [-0.15, -0.1) is 0 Å². The highest BCUT2D eigenvalue weighted by molar-refractivity contribution is 7.92. The van der Waals surface area contributed by atoms with Crippen molar-refractivity contribution in [1.29, 1.82) is 0 Å². The third-order valence-electron chi connectivity index (χ3n) is 5.01. The normalized spacial score (nSPS) is 33.2. The monoisotopic (exact) mass is 326 g/mol. The van der Waals surface area contributed by atoms with E-state index in [0.717, 1.165) is 6.42 Å². The van der Waals surface area contributed by atoms with Gasteiger partial charge in [0, 0.05) is 0 Å². The average Bonchev–Trinajstić information content (AvgIpc) is 2.48. The summed E-state index contributed by atoms with van der Waals surface area (Å²) in [5.74, 6) is 1.08. The summed E-state index contributed by atoms with van der Waals surface area (Å²) in [6.07, 6.45) is 2.58. The largest absolute Gasteiger partial charge is 0.496 e. The van der Waals surface area contributed by atoms with Gasteiger partial charge in [-0.2, -0.15) is 0 Å². The number of sulfone groups is 1. The van der Waals surface area contributed by atoms with Crippen molar-refractivity contribution in [3.8, 4) is 11.5 Å². The maximum atomic E-state index is 12.4. The first-order valence-electron chi connectivity index (χ1n) is 7.59. The summed E-state index contributed by atoms with van der Waals surface area (Å²) in [5.41, 5.74) is -0.647. The Labute approximate surface area is 131 Å². The second-order valence-electron chi connectivity index (χ2n) is 6.24. The van der Waals surface area contributed by atoms with E-state index in [0.29, 0.717) is 29.9 Å². The highest BCUT2D eigenvalue weighted by atomic mass is 32.2. The number of hydrogen-bond donors (Lipinski definition) is 1. The van der Waals surface area contributed by atoms with E-state index in [9.17, 15) is 13.5 Å². The highest BCUT2D eigenvalue weighted by Gasteiger charge is 2.52. The minimum Gasteiger partial charge on any atom is -0.496 e. The summed E-state index contributed by atoms with van der Waals surface area (Å²) in [6.45, 7) is 0. The molecule has 5 nitrogen and oxygen atoms in total. The maximum absolute atomic E-state index is 12.4. The number of aliphatic hydroxyl groups is 1. The zero-order valence-corrected chi connectivity index (χ0v) is 13.7. The predicted octanol–water partition coefficient (Wildman–Crippen LogP) is 2.02. The fourth-order valence-electron chi connectivity index (χ4n) is 3.96. The molecule has 0 spiro atoms. The van der Waals surface area contributed by atoms with E-state index in [1.54, 1.807) is 32.4 Å². The molecule has 22 heavy (non-hydrogen) atoms. The standard InChI is InChI=1S/C16H22O5S/c1-20-13-7-4-8-14(21-2)15(13)16(17)9-11-5-3-6-12(10-16)22(11,18)19/h4,7-8,11-12,17H,3,5-6,9-10H2,1-2H3. The summed E-state index contributed by atoms with van der Waals surface area (Å²) < 4.78 is 35.7. The number of ether oxygens (including phenoxy) is 2. The van der Waals surface area contributed by atoms with Crippen LogP contribution in [0.3, 0.4) is 0 Å². The molecule has 2 aliphatic heterocycles. The lowest BCUT2D eigenvalue weighted by Gasteiger charge is -2.44. The van der Waals surface area contributed by atoms with Crippen LogP contribution in [-0.4, -0.2) is 38.2 Å². The molecule has 0 aliphatic carbocycles. The molecule has 3 rings (SSSR count). The topological polar surface area (TPSA) is 72.8 Å². The van der Waals surface area contributed by atoms with Crippen LogP contribution >= 0.6 is 0 Å². The van der Waals surface area contributed by atoms with Gasteiger partial charge in [0.05, 0.1) is 35.9 Å². The second-order valence-corrected chi connectivity index (χ2v) is 8.75. The van der Waals surface area contributed by atoms with Crippen molar-refractivity contribution in [2.75, 3.05) is 14.2 Å². The third kappa shape index (κ3) is 2.29. The SMILES string of the molecule is COc1cccc(OC)c1C1(O)CC2CCCC(C1)S2(=O)=O. The van der Waals surface area contributed by atoms with Crippen LogP contribution in [0.1, 0.15) is 37.7 Å². The molecule has 2 saturated heterocycles. The average molecular weight is 326 g/mol. The van der Waals surface area contributed by atoms with E-state index in [1.807, 2.05) is 0 Å². The van der Waals surface area contributed by atoms with Gasteiger partial charge < -0.3 is 14.6 Å². The van der Waals surface area contributed by atoms with Gasteiger partial charge in [0.2, 0.25) is 0 Å². The van der Waals surface area contributed by atoms with Crippen molar-refractivity contribution in [2.45, 2.75) is 48.2 Å². The Morgan fingerprint density at radius 3 is 2.05 bits per heavy atom. The lowest BCUT2D eigenvalue weighted by atomic mass is 9.79. The molecule has 2 unspecified atom stereocenters. The van der Waals surface area contributed by atoms with Gasteiger partial charge in [-0.1, -0.05) is 12.5 Å². The molecule has 0 saturated carbocycles. The lowest BCUT2D eigenvalue weighted by Crippen LogP contribution is -2.50. The fourth-order valence-corrected chi connectivity index (χ4v) is 6.51. The molecule has 2 bridgehead atoms. The smallest absolute Gasteiger partial charge is 0.156 e. The molecule has 2 fully saturated rings. The Hall–Kier alpha value is -1.27. The van der Waals surface area contributed by atoms with E-state index in [-0.39, 0.29) is 12.8 Å². The summed E-state index contributed by atoms with van der Waals surface area (Å²) >= 11 is 0. The van der Waals surface area contributed by atoms with Gasteiger partial charge in [-0.3, -0.25) is 0 Å². The number of methoxy groups -OCH3 is 2. The molecule has 2 heterocycles. The van der Waals surface area contributed by atoms with Gasteiger partial charge in [-0.25, -0.2) is 8.42 Å². The molecular formula is C16H22O5S. The first-order chi connectivity index (χ1) is 10.4. The van der Waals surface area contributed by atoms with E-state index < -0.39 is 25.9 Å². The highest BCUT2D eigenvalue weighted by Crippen LogP contribution is 2.50. The van der Waals surface area contributed by atoms with Crippen LogP contribution in [0.15, 0.2) is 18.2 Å². The van der Waals surface area contributed by atoms with Crippen LogP contribution in [0, 0.1) is 0 Å². The molecule has 2 aliphatic rings. The Morgan fingerprint density at radius 1 is 1.09 bits per heavy atom. The Morgan fingerprint density at radius 2 is 1.59 bits per heavy atom. The fraction of sp³-hybridized carbons (Fsp3) is 0.625. The van der Waals surface area contributed by atoms with Crippen molar-refractivity contribution in [1.82, 2.24) is 0 Å². The first kappa shape index (κ1) is 15.6. The van der Waals surface area contributed by atoms with Crippen molar-refractivity contribution >= 4 is 9.84 Å². The van der Waals surface area contributed by atoms with Crippen molar-refractivity contribution in [3.05, 3.63) is 23.8 Å². The lowest BCUT2D eigenvalue weighted by molar-refractivity contribution is 0.000978. The molecule has 0 aromatic heterocycles. The van der Waals surface area contributed by atoms with Gasteiger partial charge in [0.1, 0.15) is 11.5 Å². The van der Waals surface area contributed by atoms with Crippen molar-refractivity contribution in [2.24, 2.45) is 0 Å². The first-order valence-corrected chi connectivity index (χ1v) is 9.20. The number of fused-ring (bicyclic) bond motifs is 2. The van der Waals surface area contributed by atoms with E-state index in [4.69, 9.17) is 9.47 Å². The molecule has 1 aromatic carbocycles. The third-order valence-corrected chi connectivity index (χ3v) is 7.67. The molecule has 1 N–H and O–H groups in total. The van der Waals surface area contributed by atoms with Crippen molar-refractivity contribution in [3.63, 3.8) is 0 Å². The van der Waals surface area contributed by atoms with Gasteiger partial charge in [0.25, 0.3) is 0 Å². The predicted molar refractivity (Wildman–Crippen MR) is 83.0 cm³/mol. The Bertz CT molecular complexity index is 625. The van der Waals surface area contributed by atoms with Gasteiger partial charge in [-0.05, 0) is 37.8 Å². The quantitative estimate of drug-likeness (QED) is 0.920. The number of benzene rings is 1. The summed E-state index contributed by atoms with van der Waals surface area (Å²) in [4.78, 5) is 0. The molecule has 6 heteroatoms. The summed E-state index contributed by atoms with van der Waals surface area (Å²) in [5, 5.41) is 10.3. The Balaban J connectivity index is 2.09. The number of rotatable bonds is 3. The summed E-state index contributed by atoms with van der Waals surface area (Å²) in [7, 11) is -0.0380.